The highest BCUT2D eigenvalue weighted by Gasteiger charge is 2.31. The first kappa shape index (κ1) is 19.4. The summed E-state index contributed by atoms with van der Waals surface area (Å²) in [5.41, 5.74) is -0.749. The SMILES string of the molecule is Cc1ccc(C=CC(=O)NC2CCN(c3ccc(C(F)(F)F)cn3)CC2)s1. The van der Waals surface area contributed by atoms with E-state index in [-0.39, 0.29) is 11.9 Å². The molecule has 1 aliphatic rings. The van der Waals surface area contributed by atoms with E-state index >= 15 is 0 Å². The van der Waals surface area contributed by atoms with E-state index in [1.165, 1.54) is 17.0 Å². The summed E-state index contributed by atoms with van der Waals surface area (Å²) < 4.78 is 37.8. The van der Waals surface area contributed by atoms with Crippen LogP contribution in [0.25, 0.3) is 6.08 Å². The summed E-state index contributed by atoms with van der Waals surface area (Å²) in [5, 5.41) is 2.98. The smallest absolute Gasteiger partial charge is 0.356 e. The van der Waals surface area contributed by atoms with E-state index in [0.29, 0.717) is 18.9 Å². The van der Waals surface area contributed by atoms with Gasteiger partial charge in [-0.2, -0.15) is 13.2 Å². The van der Waals surface area contributed by atoms with Crippen LogP contribution in [0.5, 0.6) is 0 Å². The fourth-order valence-electron chi connectivity index (χ4n) is 2.94. The largest absolute Gasteiger partial charge is 0.417 e. The van der Waals surface area contributed by atoms with E-state index < -0.39 is 11.7 Å². The molecule has 0 unspecified atom stereocenters. The van der Waals surface area contributed by atoms with E-state index in [1.54, 1.807) is 17.4 Å². The number of nitrogens with one attached hydrogen (secondary N) is 1. The molecule has 8 heteroatoms. The number of hydrogen-bond donors (Lipinski definition) is 1. The van der Waals surface area contributed by atoms with Crippen LogP contribution in [-0.2, 0) is 11.0 Å². The zero-order chi connectivity index (χ0) is 19.4. The van der Waals surface area contributed by atoms with Crippen LogP contribution < -0.4 is 10.2 Å². The third-order valence-corrected chi connectivity index (χ3v) is 5.37. The maximum atomic E-state index is 12.6. The Bertz CT molecular complexity index is 806. The fourth-order valence-corrected chi connectivity index (χ4v) is 3.72. The molecule has 0 saturated carbocycles. The van der Waals surface area contributed by atoms with Crippen LogP contribution in [0.3, 0.4) is 0 Å². The number of thiophene rings is 1. The second kappa shape index (κ2) is 8.12. The molecule has 3 rings (SSSR count). The minimum atomic E-state index is -4.38. The molecule has 1 aliphatic heterocycles. The molecule has 27 heavy (non-hydrogen) atoms. The highest BCUT2D eigenvalue weighted by Crippen LogP contribution is 2.29. The molecule has 1 saturated heterocycles. The normalized spacial score (nSPS) is 16.1. The molecule has 0 radical (unpaired) electrons. The first-order valence-electron chi connectivity index (χ1n) is 8.64. The maximum absolute atomic E-state index is 12.6. The molecule has 4 nitrogen and oxygen atoms in total. The standard InChI is InChI=1S/C19H20F3N3OS/c1-13-2-4-16(27-13)5-7-18(26)24-15-8-10-25(11-9-15)17-6-3-14(12-23-17)19(20,21)22/h2-7,12,15H,8-11H2,1H3,(H,24,26). The Kier molecular flexibility index (Phi) is 5.84. The van der Waals surface area contributed by atoms with Gasteiger partial charge in [0.1, 0.15) is 5.82 Å². The Morgan fingerprint density at radius 3 is 2.56 bits per heavy atom. The van der Waals surface area contributed by atoms with E-state index in [1.807, 2.05) is 24.0 Å². The molecule has 2 aromatic heterocycles. The highest BCUT2D eigenvalue weighted by molar-refractivity contribution is 7.12. The van der Waals surface area contributed by atoms with Crippen LogP contribution in [0.4, 0.5) is 19.0 Å². The molecule has 2 aromatic rings. The van der Waals surface area contributed by atoms with Gasteiger partial charge in [0, 0.05) is 41.2 Å². The zero-order valence-electron chi connectivity index (χ0n) is 14.8. The minimum absolute atomic E-state index is 0.0536. The van der Waals surface area contributed by atoms with Crippen molar-refractivity contribution in [3.63, 3.8) is 0 Å². The van der Waals surface area contributed by atoms with Crippen molar-refractivity contribution in [2.75, 3.05) is 18.0 Å². The van der Waals surface area contributed by atoms with Crippen LogP contribution in [0.2, 0.25) is 0 Å². The van der Waals surface area contributed by atoms with Crippen molar-refractivity contribution >= 4 is 29.1 Å². The lowest BCUT2D eigenvalue weighted by Crippen LogP contribution is -2.44. The van der Waals surface area contributed by atoms with Crippen LogP contribution >= 0.6 is 11.3 Å². The van der Waals surface area contributed by atoms with E-state index in [0.717, 1.165) is 30.0 Å². The van der Waals surface area contributed by atoms with Crippen molar-refractivity contribution in [2.24, 2.45) is 0 Å². The summed E-state index contributed by atoms with van der Waals surface area (Å²) in [4.78, 5) is 20.1. The lowest BCUT2D eigenvalue weighted by Gasteiger charge is -2.33. The number of piperidine rings is 1. The first-order chi connectivity index (χ1) is 12.8. The first-order valence-corrected chi connectivity index (χ1v) is 9.46. The number of aromatic nitrogens is 1. The third kappa shape index (κ3) is 5.32. The number of alkyl halides is 3. The van der Waals surface area contributed by atoms with Crippen molar-refractivity contribution in [2.45, 2.75) is 32.0 Å². The molecular formula is C19H20F3N3OS. The Labute approximate surface area is 159 Å². The van der Waals surface area contributed by atoms with Crippen molar-refractivity contribution in [1.82, 2.24) is 10.3 Å². The summed E-state index contributed by atoms with van der Waals surface area (Å²) in [6.07, 6.45) is 1.27. The van der Waals surface area contributed by atoms with E-state index in [4.69, 9.17) is 0 Å². The van der Waals surface area contributed by atoms with Gasteiger partial charge in [-0.1, -0.05) is 0 Å². The molecule has 0 spiro atoms. The number of carbonyl (C=O) groups excluding carboxylic acids is 1. The van der Waals surface area contributed by atoms with Crippen LogP contribution in [-0.4, -0.2) is 30.0 Å². The average molecular weight is 395 g/mol. The topological polar surface area (TPSA) is 45.2 Å². The van der Waals surface area contributed by atoms with Gasteiger partial charge in [-0.3, -0.25) is 4.79 Å². The number of carbonyl (C=O) groups is 1. The van der Waals surface area contributed by atoms with Crippen molar-refractivity contribution in [3.05, 3.63) is 51.9 Å². The predicted octanol–water partition coefficient (Wildman–Crippen LogP) is 4.27. The van der Waals surface area contributed by atoms with E-state index in [2.05, 4.69) is 10.3 Å². The Morgan fingerprint density at radius 1 is 1.26 bits per heavy atom. The number of pyridine rings is 1. The van der Waals surface area contributed by atoms with Crippen molar-refractivity contribution in [1.29, 1.82) is 0 Å². The third-order valence-electron chi connectivity index (χ3n) is 4.40. The molecule has 0 atom stereocenters. The molecule has 0 bridgehead atoms. The molecule has 1 N–H and O–H groups in total. The van der Waals surface area contributed by atoms with Crippen LogP contribution in [0.15, 0.2) is 36.5 Å². The van der Waals surface area contributed by atoms with Gasteiger partial charge >= 0.3 is 6.18 Å². The second-order valence-electron chi connectivity index (χ2n) is 6.45. The fraction of sp³-hybridized carbons (Fsp3) is 0.368. The highest BCUT2D eigenvalue weighted by atomic mass is 32.1. The summed E-state index contributed by atoms with van der Waals surface area (Å²) >= 11 is 1.63. The van der Waals surface area contributed by atoms with Gasteiger partial charge < -0.3 is 10.2 Å². The molecule has 1 fully saturated rings. The molecular weight excluding hydrogens is 375 g/mol. The molecule has 3 heterocycles. The average Bonchev–Trinajstić information content (AvgIpc) is 3.05. The Hall–Kier alpha value is -2.35. The van der Waals surface area contributed by atoms with Gasteiger partial charge in [-0.05, 0) is 50.1 Å². The van der Waals surface area contributed by atoms with Gasteiger partial charge in [-0.15, -0.1) is 11.3 Å². The molecule has 0 aliphatic carbocycles. The quantitative estimate of drug-likeness (QED) is 0.787. The van der Waals surface area contributed by atoms with Gasteiger partial charge in [0.15, 0.2) is 0 Å². The Balaban J connectivity index is 1.48. The van der Waals surface area contributed by atoms with Crippen molar-refractivity contribution < 1.29 is 18.0 Å². The minimum Gasteiger partial charge on any atom is -0.356 e. The van der Waals surface area contributed by atoms with Crippen molar-refractivity contribution in [3.8, 4) is 0 Å². The van der Waals surface area contributed by atoms with Crippen LogP contribution in [0.1, 0.15) is 28.2 Å². The predicted molar refractivity (Wildman–Crippen MR) is 101 cm³/mol. The van der Waals surface area contributed by atoms with Gasteiger partial charge in [0.25, 0.3) is 0 Å². The van der Waals surface area contributed by atoms with Gasteiger partial charge in [-0.25, -0.2) is 4.98 Å². The number of aryl methyl sites for hydroxylation is 1. The molecule has 1 amide bonds. The zero-order valence-corrected chi connectivity index (χ0v) is 15.6. The molecule has 144 valence electrons. The number of anilines is 1. The molecule has 0 aromatic carbocycles. The summed E-state index contributed by atoms with van der Waals surface area (Å²) in [7, 11) is 0. The maximum Gasteiger partial charge on any atom is 0.417 e. The lowest BCUT2D eigenvalue weighted by atomic mass is 10.0. The van der Waals surface area contributed by atoms with E-state index in [9.17, 15) is 18.0 Å². The number of hydrogen-bond acceptors (Lipinski definition) is 4. The number of rotatable bonds is 4. The Morgan fingerprint density at radius 2 is 2.00 bits per heavy atom. The number of nitrogens with zero attached hydrogens (tertiary/aromatic N) is 2. The number of amides is 1. The summed E-state index contributed by atoms with van der Waals surface area (Å²) in [6.45, 7) is 3.29. The second-order valence-corrected chi connectivity index (χ2v) is 7.77. The van der Waals surface area contributed by atoms with Gasteiger partial charge in [0.2, 0.25) is 5.91 Å². The lowest BCUT2D eigenvalue weighted by molar-refractivity contribution is -0.137. The summed E-state index contributed by atoms with van der Waals surface area (Å²) in [5.74, 6) is 0.396. The number of halogens is 3. The summed E-state index contributed by atoms with van der Waals surface area (Å²) in [6, 6.07) is 6.48. The van der Waals surface area contributed by atoms with Crippen LogP contribution in [0, 0.1) is 6.92 Å². The monoisotopic (exact) mass is 395 g/mol. The van der Waals surface area contributed by atoms with Gasteiger partial charge in [0.05, 0.1) is 5.56 Å².